The second-order valence-corrected chi connectivity index (χ2v) is 6.70. The summed E-state index contributed by atoms with van der Waals surface area (Å²) in [5.74, 6) is 0.221. The van der Waals surface area contributed by atoms with Crippen LogP contribution < -0.4 is 4.74 Å². The lowest BCUT2D eigenvalue weighted by Crippen LogP contribution is -2.27. The standard InChI is InChI=1S/C22H21F3N2O2/c1-3-12-29-20-11-8-15-6-4-5-7-17(15)18(20)14-27(2)21(28)19-10-9-16(13-26-19)22(23,24)25/h4-11,13H,3,12,14H2,1-2H3. The maximum atomic E-state index is 12.7. The van der Waals surface area contributed by atoms with E-state index in [0.29, 0.717) is 18.6 Å². The molecule has 1 amide bonds. The molecule has 3 rings (SSSR count). The highest BCUT2D eigenvalue weighted by Gasteiger charge is 2.31. The third kappa shape index (κ3) is 4.67. The number of rotatable bonds is 6. The molecule has 2 aromatic carbocycles. The van der Waals surface area contributed by atoms with Gasteiger partial charge >= 0.3 is 6.18 Å². The number of ether oxygens (including phenoxy) is 1. The lowest BCUT2D eigenvalue weighted by atomic mass is 10.0. The molecule has 0 aliphatic heterocycles. The van der Waals surface area contributed by atoms with Gasteiger partial charge in [0.05, 0.1) is 12.2 Å². The van der Waals surface area contributed by atoms with Gasteiger partial charge in [-0.05, 0) is 35.4 Å². The lowest BCUT2D eigenvalue weighted by Gasteiger charge is -2.21. The highest BCUT2D eigenvalue weighted by atomic mass is 19.4. The summed E-state index contributed by atoms with van der Waals surface area (Å²) < 4.78 is 44.0. The first-order valence-corrected chi connectivity index (χ1v) is 9.23. The molecule has 152 valence electrons. The predicted octanol–water partition coefficient (Wildman–Crippen LogP) is 5.31. The number of carbonyl (C=O) groups excluding carboxylic acids is 1. The molecule has 1 heterocycles. The van der Waals surface area contributed by atoms with Crippen LogP contribution in [0.4, 0.5) is 13.2 Å². The Bertz CT molecular complexity index is 1000. The number of amides is 1. The van der Waals surface area contributed by atoms with Crippen molar-refractivity contribution in [2.45, 2.75) is 26.1 Å². The van der Waals surface area contributed by atoms with E-state index in [0.717, 1.165) is 34.9 Å². The minimum absolute atomic E-state index is 0.0447. The van der Waals surface area contributed by atoms with Crippen molar-refractivity contribution >= 4 is 16.7 Å². The Hall–Kier alpha value is -3.09. The SMILES string of the molecule is CCCOc1ccc2ccccc2c1CN(C)C(=O)c1ccc(C(F)(F)F)cn1. The van der Waals surface area contributed by atoms with Crippen LogP contribution in [0.2, 0.25) is 0 Å². The molecule has 0 saturated carbocycles. The van der Waals surface area contributed by atoms with E-state index >= 15 is 0 Å². The third-order valence-corrected chi connectivity index (χ3v) is 4.51. The summed E-state index contributed by atoms with van der Waals surface area (Å²) in [5.41, 5.74) is -0.0860. The number of alkyl halides is 3. The lowest BCUT2D eigenvalue weighted by molar-refractivity contribution is -0.137. The van der Waals surface area contributed by atoms with Gasteiger partial charge < -0.3 is 9.64 Å². The number of fused-ring (bicyclic) bond motifs is 1. The van der Waals surface area contributed by atoms with Crippen LogP contribution in [0.1, 0.15) is 35.0 Å². The summed E-state index contributed by atoms with van der Waals surface area (Å²) in [6.45, 7) is 2.79. The van der Waals surface area contributed by atoms with E-state index in [1.165, 1.54) is 4.90 Å². The average Bonchev–Trinajstić information content (AvgIpc) is 2.72. The number of aromatic nitrogens is 1. The molecule has 0 saturated heterocycles. The van der Waals surface area contributed by atoms with E-state index in [1.807, 2.05) is 43.3 Å². The van der Waals surface area contributed by atoms with Crippen molar-refractivity contribution in [1.29, 1.82) is 0 Å². The number of halogens is 3. The molecule has 4 nitrogen and oxygen atoms in total. The van der Waals surface area contributed by atoms with Gasteiger partial charge in [0.2, 0.25) is 0 Å². The third-order valence-electron chi connectivity index (χ3n) is 4.51. The van der Waals surface area contributed by atoms with Gasteiger partial charge in [0, 0.05) is 25.4 Å². The highest BCUT2D eigenvalue weighted by molar-refractivity contribution is 5.93. The van der Waals surface area contributed by atoms with Crippen LogP contribution in [0.25, 0.3) is 10.8 Å². The number of nitrogens with zero attached hydrogens (tertiary/aromatic N) is 2. The molecule has 0 aliphatic carbocycles. The van der Waals surface area contributed by atoms with Crippen LogP contribution in [-0.2, 0) is 12.7 Å². The summed E-state index contributed by atoms with van der Waals surface area (Å²) in [5, 5.41) is 1.97. The van der Waals surface area contributed by atoms with Crippen molar-refractivity contribution in [3.05, 3.63) is 71.5 Å². The van der Waals surface area contributed by atoms with Gasteiger partial charge in [-0.15, -0.1) is 0 Å². The molecule has 0 bridgehead atoms. The number of pyridine rings is 1. The monoisotopic (exact) mass is 402 g/mol. The number of hydrogen-bond acceptors (Lipinski definition) is 3. The van der Waals surface area contributed by atoms with Crippen molar-refractivity contribution in [1.82, 2.24) is 9.88 Å². The zero-order chi connectivity index (χ0) is 21.0. The molecular formula is C22H21F3N2O2. The fourth-order valence-corrected chi connectivity index (χ4v) is 3.02. The van der Waals surface area contributed by atoms with Crippen molar-refractivity contribution in [3.8, 4) is 5.75 Å². The molecule has 0 N–H and O–H groups in total. The molecule has 1 aromatic heterocycles. The average molecular weight is 402 g/mol. The van der Waals surface area contributed by atoms with Crippen LogP contribution in [0.5, 0.6) is 5.75 Å². The van der Waals surface area contributed by atoms with Gasteiger partial charge in [0.1, 0.15) is 11.4 Å². The zero-order valence-electron chi connectivity index (χ0n) is 16.2. The smallest absolute Gasteiger partial charge is 0.417 e. The summed E-state index contributed by atoms with van der Waals surface area (Å²) >= 11 is 0. The van der Waals surface area contributed by atoms with Crippen LogP contribution in [0.3, 0.4) is 0 Å². The molecule has 29 heavy (non-hydrogen) atoms. The van der Waals surface area contributed by atoms with Crippen LogP contribution in [0.15, 0.2) is 54.7 Å². The maximum absolute atomic E-state index is 12.7. The molecule has 0 aliphatic rings. The van der Waals surface area contributed by atoms with Gasteiger partial charge in [-0.2, -0.15) is 13.2 Å². The summed E-state index contributed by atoms with van der Waals surface area (Å²) in [6, 6.07) is 13.6. The topological polar surface area (TPSA) is 42.4 Å². The minimum Gasteiger partial charge on any atom is -0.493 e. The Morgan fingerprint density at radius 2 is 1.86 bits per heavy atom. The van der Waals surface area contributed by atoms with Crippen LogP contribution in [-0.4, -0.2) is 29.4 Å². The molecule has 0 spiro atoms. The van der Waals surface area contributed by atoms with E-state index < -0.39 is 17.6 Å². The summed E-state index contributed by atoms with van der Waals surface area (Å²) in [6.07, 6.45) is -2.97. The Kier molecular flexibility index (Phi) is 6.06. The molecule has 0 unspecified atom stereocenters. The molecule has 7 heteroatoms. The fourth-order valence-electron chi connectivity index (χ4n) is 3.02. The van der Waals surface area contributed by atoms with E-state index in [9.17, 15) is 18.0 Å². The fraction of sp³-hybridized carbons (Fsp3) is 0.273. The zero-order valence-corrected chi connectivity index (χ0v) is 16.2. The number of benzene rings is 2. The van der Waals surface area contributed by atoms with E-state index in [1.54, 1.807) is 7.05 Å². The first-order valence-electron chi connectivity index (χ1n) is 9.23. The Morgan fingerprint density at radius 1 is 1.10 bits per heavy atom. The van der Waals surface area contributed by atoms with Crippen LogP contribution in [0, 0.1) is 0 Å². The minimum atomic E-state index is -4.49. The Labute approximate surface area is 166 Å². The quantitative estimate of drug-likeness (QED) is 0.561. The normalized spacial score (nSPS) is 11.5. The Morgan fingerprint density at radius 3 is 2.52 bits per heavy atom. The van der Waals surface area contributed by atoms with Crippen molar-refractivity contribution in [3.63, 3.8) is 0 Å². The number of hydrogen-bond donors (Lipinski definition) is 0. The molecule has 0 fully saturated rings. The van der Waals surface area contributed by atoms with E-state index in [-0.39, 0.29) is 12.2 Å². The van der Waals surface area contributed by atoms with Crippen LogP contribution >= 0.6 is 0 Å². The van der Waals surface area contributed by atoms with Gasteiger partial charge in [-0.1, -0.05) is 37.3 Å². The molecular weight excluding hydrogens is 381 g/mol. The maximum Gasteiger partial charge on any atom is 0.417 e. The predicted molar refractivity (Wildman–Crippen MR) is 105 cm³/mol. The summed E-state index contributed by atoms with van der Waals surface area (Å²) in [4.78, 5) is 17.8. The van der Waals surface area contributed by atoms with Gasteiger partial charge in [0.15, 0.2) is 0 Å². The van der Waals surface area contributed by atoms with Crippen molar-refractivity contribution in [2.75, 3.05) is 13.7 Å². The number of carbonyl (C=O) groups is 1. The second-order valence-electron chi connectivity index (χ2n) is 6.70. The van der Waals surface area contributed by atoms with Gasteiger partial charge in [0.25, 0.3) is 5.91 Å². The highest BCUT2D eigenvalue weighted by Crippen LogP contribution is 2.30. The van der Waals surface area contributed by atoms with E-state index in [2.05, 4.69) is 4.98 Å². The summed E-state index contributed by atoms with van der Waals surface area (Å²) in [7, 11) is 1.59. The van der Waals surface area contributed by atoms with Gasteiger partial charge in [-0.25, -0.2) is 0 Å². The van der Waals surface area contributed by atoms with Crippen molar-refractivity contribution < 1.29 is 22.7 Å². The largest absolute Gasteiger partial charge is 0.493 e. The van der Waals surface area contributed by atoms with Gasteiger partial charge in [-0.3, -0.25) is 9.78 Å². The molecule has 0 atom stereocenters. The molecule has 0 radical (unpaired) electrons. The van der Waals surface area contributed by atoms with E-state index in [4.69, 9.17) is 4.74 Å². The van der Waals surface area contributed by atoms with Crippen molar-refractivity contribution in [2.24, 2.45) is 0 Å². The Balaban J connectivity index is 1.88. The molecule has 3 aromatic rings. The first-order chi connectivity index (χ1) is 13.8. The first kappa shape index (κ1) is 20.6. The second kappa shape index (κ2) is 8.51.